The molecule has 0 aliphatic heterocycles. The molecule has 0 aliphatic rings. The number of hydrogen-bond acceptors (Lipinski definition) is 1. The molecule has 4 heteroatoms. The Hall–Kier alpha value is 2.28. The number of halogens is 1. The largest absolute Gasteiger partial charge is 1.00 e. The van der Waals surface area contributed by atoms with Crippen molar-refractivity contribution in [1.82, 2.24) is 0 Å². The van der Waals surface area contributed by atoms with Gasteiger partial charge in [-0.05, 0) is 10.7 Å². The monoisotopic (exact) mass is 164 g/mol. The Bertz CT molecular complexity index is 11.6. The first-order valence-electron chi connectivity index (χ1n) is 0.169. The molecule has 22 valence electrons. The molecule has 0 amide bonds. The van der Waals surface area contributed by atoms with Gasteiger partial charge in [0.25, 0.3) is 0 Å². The average molecular weight is 165 g/mol. The Morgan fingerprint density at radius 1 is 1.50 bits per heavy atom. The van der Waals surface area contributed by atoms with Crippen molar-refractivity contribution in [1.29, 1.82) is 0 Å². The second-order valence-electron chi connectivity index (χ2n) is 0. The molecular weight excluding hydrogens is 160 g/mol. The minimum Gasteiger partial charge on any atom is -1.00 e. The molecule has 0 aliphatic carbocycles. The summed E-state index contributed by atoms with van der Waals surface area (Å²) in [6.45, 7) is 0. The van der Waals surface area contributed by atoms with Crippen LogP contribution in [0, 0.1) is 0 Å². The van der Waals surface area contributed by atoms with Gasteiger partial charge in [-0.25, -0.2) is 0 Å². The third kappa shape index (κ3) is 8.86. The van der Waals surface area contributed by atoms with Crippen LogP contribution in [0.1, 0.15) is 1.43 Å². The van der Waals surface area contributed by atoms with Crippen LogP contribution in [0.2, 0.25) is 0 Å². The standard InChI is InChI=1S/ClHS.Ga.Na.4H/c1-2;;;;;;/h2H;;;;;;/q;;+1;;;;-1. The maximum absolute atomic E-state index is 4.33. The fraction of sp³-hybridized carbons (Fsp3) is 0. The fourth-order valence-electron chi connectivity index (χ4n) is 0. The van der Waals surface area contributed by atoms with Crippen molar-refractivity contribution in [3.05, 3.63) is 0 Å². The summed E-state index contributed by atoms with van der Waals surface area (Å²) in [6.07, 6.45) is 0. The zero-order chi connectivity index (χ0) is 2.00. The van der Waals surface area contributed by atoms with Crippen molar-refractivity contribution in [3.8, 4) is 0 Å². The first kappa shape index (κ1) is 16.3. The molecular formula is H5ClGaNaS. The molecule has 0 saturated heterocycles. The van der Waals surface area contributed by atoms with Gasteiger partial charge in [-0.1, -0.05) is 11.8 Å². The zero-order valence-electron chi connectivity index (χ0n) is 2.83. The predicted octanol–water partition coefficient (Wildman–Crippen LogP) is -3.00. The van der Waals surface area contributed by atoms with E-state index in [1.807, 2.05) is 0 Å². The average Bonchev–Trinajstić information content (AvgIpc) is 1.00. The first-order valence-corrected chi connectivity index (χ1v) is 1.52. The minimum absolute atomic E-state index is 0. The van der Waals surface area contributed by atoms with Crippen LogP contribution in [0.4, 0.5) is 0 Å². The molecule has 0 spiro atoms. The predicted molar refractivity (Wildman–Crippen MR) is 25.9 cm³/mol. The summed E-state index contributed by atoms with van der Waals surface area (Å²) in [5.41, 5.74) is 0. The molecule has 0 fully saturated rings. The van der Waals surface area contributed by atoms with Gasteiger partial charge in [0.2, 0.25) is 0 Å². The number of rotatable bonds is 0. The minimum atomic E-state index is 0. The van der Waals surface area contributed by atoms with Crippen LogP contribution < -0.4 is 29.6 Å². The molecule has 0 bridgehead atoms. The second-order valence-corrected chi connectivity index (χ2v) is 0. The van der Waals surface area contributed by atoms with Crippen LogP contribution in [-0.2, 0) is 0 Å². The SMILES string of the molecule is SCl.[GaH3].[H-].[Na+]. The van der Waals surface area contributed by atoms with Crippen LogP contribution in [0.3, 0.4) is 0 Å². The van der Waals surface area contributed by atoms with Crippen molar-refractivity contribution >= 4 is 42.3 Å². The summed E-state index contributed by atoms with van der Waals surface area (Å²) >= 11 is 3.00. The van der Waals surface area contributed by atoms with Gasteiger partial charge in [0.05, 0.1) is 0 Å². The molecule has 0 saturated carbocycles. The maximum Gasteiger partial charge on any atom is 1.00 e. The number of hydrogen-bond donors (Lipinski definition) is 1. The van der Waals surface area contributed by atoms with E-state index in [2.05, 4.69) is 22.5 Å². The topological polar surface area (TPSA) is 0 Å². The Morgan fingerprint density at radius 2 is 1.50 bits per heavy atom. The van der Waals surface area contributed by atoms with Gasteiger partial charge >= 0.3 is 49.3 Å². The smallest absolute Gasteiger partial charge is 1.00 e. The van der Waals surface area contributed by atoms with E-state index in [0.29, 0.717) is 0 Å². The quantitative estimate of drug-likeness (QED) is 0.287. The van der Waals surface area contributed by atoms with Gasteiger partial charge in [0, 0.05) is 0 Å². The van der Waals surface area contributed by atoms with Gasteiger partial charge in [-0.2, -0.15) is 0 Å². The van der Waals surface area contributed by atoms with E-state index in [-0.39, 0.29) is 50.8 Å². The van der Waals surface area contributed by atoms with Gasteiger partial charge in [0.1, 0.15) is 0 Å². The summed E-state index contributed by atoms with van der Waals surface area (Å²) in [5.74, 6) is 0. The Morgan fingerprint density at radius 3 is 1.50 bits per heavy atom. The van der Waals surface area contributed by atoms with E-state index in [9.17, 15) is 0 Å². The molecule has 0 aromatic carbocycles. The summed E-state index contributed by atoms with van der Waals surface area (Å²) in [6, 6.07) is 0. The van der Waals surface area contributed by atoms with E-state index in [1.165, 1.54) is 0 Å². The van der Waals surface area contributed by atoms with E-state index in [1.54, 1.807) is 0 Å². The van der Waals surface area contributed by atoms with Crippen LogP contribution in [0.15, 0.2) is 0 Å². The number of thiol groups is 1. The van der Waals surface area contributed by atoms with Crippen LogP contribution >= 0.6 is 22.5 Å². The molecule has 0 nitrogen and oxygen atoms in total. The van der Waals surface area contributed by atoms with Crippen molar-refractivity contribution in [3.63, 3.8) is 0 Å². The Balaban J connectivity index is -0.00000000167. The maximum atomic E-state index is 4.33. The fourth-order valence-corrected chi connectivity index (χ4v) is 0. The summed E-state index contributed by atoms with van der Waals surface area (Å²) < 4.78 is 0. The van der Waals surface area contributed by atoms with Crippen LogP contribution in [0.5, 0.6) is 0 Å². The third-order valence-electron chi connectivity index (χ3n) is 0. The van der Waals surface area contributed by atoms with Crippen molar-refractivity contribution in [2.24, 2.45) is 0 Å². The molecule has 0 N–H and O–H groups in total. The molecule has 0 radical (unpaired) electrons. The summed E-state index contributed by atoms with van der Waals surface area (Å²) in [4.78, 5) is 0. The van der Waals surface area contributed by atoms with Crippen molar-refractivity contribution in [2.45, 2.75) is 0 Å². The Labute approximate surface area is 72.4 Å². The molecule has 0 aromatic heterocycles. The zero-order valence-corrected chi connectivity index (χ0v) is 5.48. The first-order chi connectivity index (χ1) is 1.00. The van der Waals surface area contributed by atoms with Crippen molar-refractivity contribution in [2.75, 3.05) is 0 Å². The van der Waals surface area contributed by atoms with Crippen LogP contribution in [0.25, 0.3) is 0 Å². The van der Waals surface area contributed by atoms with E-state index >= 15 is 0 Å². The Kier molecular flexibility index (Phi) is 75.8. The van der Waals surface area contributed by atoms with E-state index < -0.39 is 0 Å². The molecule has 4 heavy (non-hydrogen) atoms. The van der Waals surface area contributed by atoms with E-state index in [4.69, 9.17) is 0 Å². The molecule has 0 unspecified atom stereocenters. The van der Waals surface area contributed by atoms with E-state index in [0.717, 1.165) is 0 Å². The van der Waals surface area contributed by atoms with Gasteiger partial charge in [0.15, 0.2) is 0 Å². The molecule has 0 heterocycles. The summed E-state index contributed by atoms with van der Waals surface area (Å²) in [7, 11) is 4.33. The van der Waals surface area contributed by atoms with Crippen LogP contribution in [-0.4, -0.2) is 19.8 Å². The second kappa shape index (κ2) is 18.6. The van der Waals surface area contributed by atoms with Crippen molar-refractivity contribution < 1.29 is 31.0 Å². The molecule has 0 atom stereocenters. The normalized spacial score (nSPS) is 1.50. The van der Waals surface area contributed by atoms with Gasteiger partial charge < -0.3 is 1.43 Å². The molecule has 0 aromatic rings. The van der Waals surface area contributed by atoms with Gasteiger partial charge in [-0.15, -0.1) is 0 Å². The molecule has 0 rings (SSSR count). The van der Waals surface area contributed by atoms with Gasteiger partial charge in [-0.3, -0.25) is 0 Å². The third-order valence-corrected chi connectivity index (χ3v) is 0. The summed E-state index contributed by atoms with van der Waals surface area (Å²) in [5, 5.41) is 0.